The lowest BCUT2D eigenvalue weighted by atomic mass is 10.2. The van der Waals surface area contributed by atoms with Gasteiger partial charge in [-0.05, 0) is 41.5 Å². The normalized spacial score (nSPS) is 20.1. The molecule has 3 heteroatoms. The van der Waals surface area contributed by atoms with E-state index in [4.69, 9.17) is 0 Å². The van der Waals surface area contributed by atoms with Crippen LogP contribution < -0.4 is 0 Å². The molecule has 0 amide bonds. The standard InChI is InChI=1S/C14H31N3/c1-12(2)16-9-7-15(8-10-16)11-17(13(3)4)14(5)6/h12-14H,7-11H2,1-6H3. The smallest absolute Gasteiger partial charge is 0.0512 e. The third kappa shape index (κ3) is 4.57. The maximum atomic E-state index is 2.60. The predicted molar refractivity (Wildman–Crippen MR) is 75.3 cm³/mol. The second-order valence-corrected chi connectivity index (χ2v) is 6.09. The van der Waals surface area contributed by atoms with Gasteiger partial charge in [0.25, 0.3) is 0 Å². The molecule has 1 rings (SSSR count). The maximum Gasteiger partial charge on any atom is 0.0512 e. The zero-order valence-corrected chi connectivity index (χ0v) is 12.6. The highest BCUT2D eigenvalue weighted by atomic mass is 15.4. The van der Waals surface area contributed by atoms with Crippen LogP contribution in [-0.2, 0) is 0 Å². The van der Waals surface area contributed by atoms with Gasteiger partial charge in [0, 0.05) is 44.3 Å². The third-order valence-electron chi connectivity index (χ3n) is 3.83. The molecule has 0 atom stereocenters. The number of hydrogen-bond acceptors (Lipinski definition) is 3. The van der Waals surface area contributed by atoms with E-state index < -0.39 is 0 Å². The van der Waals surface area contributed by atoms with Crippen LogP contribution in [0.1, 0.15) is 41.5 Å². The summed E-state index contributed by atoms with van der Waals surface area (Å²) in [6, 6.07) is 1.97. The molecule has 0 saturated carbocycles. The predicted octanol–water partition coefficient (Wildman–Crippen LogP) is 2.09. The molecule has 0 aromatic carbocycles. The maximum absolute atomic E-state index is 2.60. The topological polar surface area (TPSA) is 9.72 Å². The fraction of sp³-hybridized carbons (Fsp3) is 1.00. The van der Waals surface area contributed by atoms with Gasteiger partial charge in [0.1, 0.15) is 0 Å². The minimum atomic E-state index is 0.637. The van der Waals surface area contributed by atoms with Crippen LogP contribution in [0.15, 0.2) is 0 Å². The molecule has 102 valence electrons. The van der Waals surface area contributed by atoms with Gasteiger partial charge >= 0.3 is 0 Å². The van der Waals surface area contributed by atoms with E-state index in [1.807, 2.05) is 0 Å². The molecule has 0 aliphatic carbocycles. The summed E-state index contributed by atoms with van der Waals surface area (Å²) in [6.07, 6.45) is 0. The summed E-state index contributed by atoms with van der Waals surface area (Å²) in [5.74, 6) is 0. The molecule has 1 saturated heterocycles. The molecule has 3 nitrogen and oxygen atoms in total. The van der Waals surface area contributed by atoms with E-state index >= 15 is 0 Å². The van der Waals surface area contributed by atoms with Gasteiger partial charge in [0.2, 0.25) is 0 Å². The van der Waals surface area contributed by atoms with Crippen LogP contribution in [0.5, 0.6) is 0 Å². The summed E-state index contributed by atoms with van der Waals surface area (Å²) < 4.78 is 0. The van der Waals surface area contributed by atoms with Gasteiger partial charge in [-0.1, -0.05) is 0 Å². The Morgan fingerprint density at radius 1 is 0.824 bits per heavy atom. The Morgan fingerprint density at radius 3 is 1.65 bits per heavy atom. The van der Waals surface area contributed by atoms with Gasteiger partial charge in [-0.15, -0.1) is 0 Å². The number of nitrogens with zero attached hydrogens (tertiary/aromatic N) is 3. The summed E-state index contributed by atoms with van der Waals surface area (Å²) in [7, 11) is 0. The molecular formula is C14H31N3. The number of hydrogen-bond donors (Lipinski definition) is 0. The van der Waals surface area contributed by atoms with E-state index in [1.54, 1.807) is 0 Å². The van der Waals surface area contributed by atoms with Crippen molar-refractivity contribution >= 4 is 0 Å². The first-order valence-electron chi connectivity index (χ1n) is 7.14. The number of rotatable bonds is 5. The van der Waals surface area contributed by atoms with Gasteiger partial charge in [0.15, 0.2) is 0 Å². The molecule has 1 heterocycles. The average Bonchev–Trinajstić information content (AvgIpc) is 2.25. The van der Waals surface area contributed by atoms with Crippen molar-refractivity contribution in [2.75, 3.05) is 32.8 Å². The van der Waals surface area contributed by atoms with E-state index in [-0.39, 0.29) is 0 Å². The van der Waals surface area contributed by atoms with Crippen LogP contribution in [-0.4, -0.2) is 65.7 Å². The minimum absolute atomic E-state index is 0.637. The molecule has 0 spiro atoms. The van der Waals surface area contributed by atoms with Crippen molar-refractivity contribution in [1.82, 2.24) is 14.7 Å². The van der Waals surface area contributed by atoms with Crippen molar-refractivity contribution in [2.24, 2.45) is 0 Å². The lowest BCUT2D eigenvalue weighted by Gasteiger charge is -2.41. The fourth-order valence-electron chi connectivity index (χ4n) is 2.57. The summed E-state index contributed by atoms with van der Waals surface area (Å²) in [6.45, 7) is 19.8. The van der Waals surface area contributed by atoms with Gasteiger partial charge in [-0.25, -0.2) is 0 Å². The fourth-order valence-corrected chi connectivity index (χ4v) is 2.57. The van der Waals surface area contributed by atoms with Crippen LogP contribution in [0.3, 0.4) is 0 Å². The lowest BCUT2D eigenvalue weighted by Crippen LogP contribution is -2.53. The second-order valence-electron chi connectivity index (χ2n) is 6.09. The van der Waals surface area contributed by atoms with E-state index in [9.17, 15) is 0 Å². The average molecular weight is 241 g/mol. The minimum Gasteiger partial charge on any atom is -0.298 e. The second kappa shape index (κ2) is 6.72. The summed E-state index contributed by atoms with van der Waals surface area (Å²) in [5.41, 5.74) is 0. The highest BCUT2D eigenvalue weighted by Gasteiger charge is 2.22. The van der Waals surface area contributed by atoms with Crippen molar-refractivity contribution in [3.05, 3.63) is 0 Å². The molecule has 1 aliphatic rings. The van der Waals surface area contributed by atoms with Crippen LogP contribution >= 0.6 is 0 Å². The SMILES string of the molecule is CC(C)N1CCN(CN(C(C)C)C(C)C)CC1. The van der Waals surface area contributed by atoms with Gasteiger partial charge in [0.05, 0.1) is 6.67 Å². The number of piperazine rings is 1. The molecule has 0 unspecified atom stereocenters. The molecule has 17 heavy (non-hydrogen) atoms. The van der Waals surface area contributed by atoms with Gasteiger partial charge in [-0.2, -0.15) is 0 Å². The highest BCUT2D eigenvalue weighted by molar-refractivity contribution is 4.76. The first-order valence-corrected chi connectivity index (χ1v) is 7.14. The highest BCUT2D eigenvalue weighted by Crippen LogP contribution is 2.10. The Balaban J connectivity index is 2.38. The van der Waals surface area contributed by atoms with Crippen molar-refractivity contribution in [1.29, 1.82) is 0 Å². The summed E-state index contributed by atoms with van der Waals surface area (Å²) in [4.78, 5) is 7.75. The van der Waals surface area contributed by atoms with E-state index in [0.29, 0.717) is 18.1 Å². The van der Waals surface area contributed by atoms with E-state index in [2.05, 4.69) is 56.2 Å². The summed E-state index contributed by atoms with van der Waals surface area (Å²) >= 11 is 0. The lowest BCUT2D eigenvalue weighted by molar-refractivity contribution is 0.0348. The summed E-state index contributed by atoms with van der Waals surface area (Å²) in [5, 5.41) is 0. The molecular weight excluding hydrogens is 210 g/mol. The third-order valence-corrected chi connectivity index (χ3v) is 3.83. The first kappa shape index (κ1) is 14.9. The van der Waals surface area contributed by atoms with Gasteiger partial charge in [-0.3, -0.25) is 14.7 Å². The van der Waals surface area contributed by atoms with Crippen LogP contribution in [0, 0.1) is 0 Å². The largest absolute Gasteiger partial charge is 0.298 e. The molecule has 0 aromatic rings. The van der Waals surface area contributed by atoms with Crippen molar-refractivity contribution < 1.29 is 0 Å². The Hall–Kier alpha value is -0.120. The Morgan fingerprint density at radius 2 is 1.29 bits per heavy atom. The van der Waals surface area contributed by atoms with Crippen LogP contribution in [0.25, 0.3) is 0 Å². The zero-order chi connectivity index (χ0) is 13.0. The van der Waals surface area contributed by atoms with Crippen LogP contribution in [0.2, 0.25) is 0 Å². The van der Waals surface area contributed by atoms with Crippen molar-refractivity contribution in [3.8, 4) is 0 Å². The van der Waals surface area contributed by atoms with Crippen LogP contribution in [0.4, 0.5) is 0 Å². The molecule has 0 aromatic heterocycles. The van der Waals surface area contributed by atoms with Gasteiger partial charge < -0.3 is 0 Å². The van der Waals surface area contributed by atoms with Crippen molar-refractivity contribution in [2.45, 2.75) is 59.7 Å². The molecule has 0 N–H and O–H groups in total. The zero-order valence-electron chi connectivity index (χ0n) is 12.6. The van der Waals surface area contributed by atoms with Crippen molar-refractivity contribution in [3.63, 3.8) is 0 Å². The first-order chi connectivity index (χ1) is 7.91. The quantitative estimate of drug-likeness (QED) is 0.730. The Labute approximate surface area is 108 Å². The molecule has 1 fully saturated rings. The Kier molecular flexibility index (Phi) is 5.90. The Bertz CT molecular complexity index is 198. The van der Waals surface area contributed by atoms with E-state index in [1.165, 1.54) is 26.2 Å². The molecule has 0 radical (unpaired) electrons. The van der Waals surface area contributed by atoms with E-state index in [0.717, 1.165) is 6.67 Å². The molecule has 1 aliphatic heterocycles. The molecule has 0 bridgehead atoms. The monoisotopic (exact) mass is 241 g/mol.